The van der Waals surface area contributed by atoms with Crippen LogP contribution in [0.15, 0.2) is 29.6 Å². The number of nitrogens with zero attached hydrogens (tertiary/aromatic N) is 1. The van der Waals surface area contributed by atoms with Crippen molar-refractivity contribution in [2.24, 2.45) is 0 Å². The third-order valence-electron chi connectivity index (χ3n) is 3.02. The van der Waals surface area contributed by atoms with Crippen LogP contribution in [0.2, 0.25) is 0 Å². The maximum atomic E-state index is 9.07. The smallest absolute Gasteiger partial charge is 0.103 e. The lowest BCUT2D eigenvalue weighted by Crippen LogP contribution is -2.18. The minimum absolute atomic E-state index is 0.0144. The molecule has 17 heavy (non-hydrogen) atoms. The Morgan fingerprint density at radius 1 is 1.24 bits per heavy atom. The predicted molar refractivity (Wildman–Crippen MR) is 71.3 cm³/mol. The van der Waals surface area contributed by atoms with E-state index in [9.17, 15) is 0 Å². The monoisotopic (exact) mass is 247 g/mol. The molecule has 0 saturated heterocycles. The molecule has 0 amide bonds. The Morgan fingerprint density at radius 3 is 2.41 bits per heavy atom. The fourth-order valence-corrected chi connectivity index (χ4v) is 2.72. The Bertz CT molecular complexity index is 499. The summed E-state index contributed by atoms with van der Waals surface area (Å²) < 4.78 is 0. The first-order valence-corrected chi connectivity index (χ1v) is 6.55. The molecule has 1 aromatic carbocycles. The molecule has 0 bridgehead atoms. The van der Waals surface area contributed by atoms with Crippen molar-refractivity contribution in [2.75, 3.05) is 0 Å². The van der Waals surface area contributed by atoms with Crippen molar-refractivity contribution < 1.29 is 5.11 Å². The summed E-state index contributed by atoms with van der Waals surface area (Å²) in [6.45, 7) is 6.43. The van der Waals surface area contributed by atoms with Gasteiger partial charge in [-0.15, -0.1) is 11.3 Å². The lowest BCUT2D eigenvalue weighted by molar-refractivity contribution is 0.277. The topological polar surface area (TPSA) is 33.1 Å². The molecule has 2 aromatic rings. The summed E-state index contributed by atoms with van der Waals surface area (Å²) in [5, 5.41) is 12.0. The minimum atomic E-state index is -0.105. The average molecular weight is 247 g/mol. The van der Waals surface area contributed by atoms with E-state index in [0.29, 0.717) is 0 Å². The number of hydrogen-bond acceptors (Lipinski definition) is 3. The standard InChI is InChI=1S/C14H17NOS/c1-10-4-6-11(7-5-10)14(2,3)13-15-12(8-16)9-17-13/h4-7,9,16H,8H2,1-3H3. The molecule has 0 radical (unpaired) electrons. The van der Waals surface area contributed by atoms with Crippen LogP contribution in [0.5, 0.6) is 0 Å². The van der Waals surface area contributed by atoms with Gasteiger partial charge in [-0.05, 0) is 26.3 Å². The van der Waals surface area contributed by atoms with Crippen LogP contribution in [0, 0.1) is 6.92 Å². The molecule has 0 atom stereocenters. The number of benzene rings is 1. The summed E-state index contributed by atoms with van der Waals surface area (Å²) in [6, 6.07) is 8.54. The summed E-state index contributed by atoms with van der Waals surface area (Å²) in [5.74, 6) is 0. The van der Waals surface area contributed by atoms with Crippen molar-refractivity contribution in [2.45, 2.75) is 32.8 Å². The molecule has 0 saturated carbocycles. The third-order valence-corrected chi connectivity index (χ3v) is 4.24. The minimum Gasteiger partial charge on any atom is -0.390 e. The maximum absolute atomic E-state index is 9.07. The van der Waals surface area contributed by atoms with Crippen LogP contribution in [0.25, 0.3) is 0 Å². The van der Waals surface area contributed by atoms with Crippen molar-refractivity contribution in [3.63, 3.8) is 0 Å². The van der Waals surface area contributed by atoms with Crippen molar-refractivity contribution >= 4 is 11.3 Å². The molecule has 3 heteroatoms. The molecular weight excluding hydrogens is 230 g/mol. The number of aliphatic hydroxyl groups is 1. The zero-order valence-electron chi connectivity index (χ0n) is 10.4. The zero-order valence-corrected chi connectivity index (χ0v) is 11.2. The number of hydrogen-bond donors (Lipinski definition) is 1. The van der Waals surface area contributed by atoms with Crippen molar-refractivity contribution in [3.05, 3.63) is 51.5 Å². The molecule has 0 unspecified atom stereocenters. The Balaban J connectivity index is 2.37. The predicted octanol–water partition coefficient (Wildman–Crippen LogP) is 3.27. The molecule has 1 N–H and O–H groups in total. The van der Waals surface area contributed by atoms with Crippen LogP contribution in [0.3, 0.4) is 0 Å². The van der Waals surface area contributed by atoms with Gasteiger partial charge >= 0.3 is 0 Å². The van der Waals surface area contributed by atoms with Gasteiger partial charge in [0.1, 0.15) is 5.01 Å². The van der Waals surface area contributed by atoms with Crippen LogP contribution in [-0.4, -0.2) is 10.1 Å². The summed E-state index contributed by atoms with van der Waals surface area (Å²) in [5.41, 5.74) is 3.16. The van der Waals surface area contributed by atoms with E-state index in [2.05, 4.69) is 50.0 Å². The van der Waals surface area contributed by atoms with Gasteiger partial charge < -0.3 is 5.11 Å². The van der Waals surface area contributed by atoms with Gasteiger partial charge in [-0.25, -0.2) is 4.98 Å². The van der Waals surface area contributed by atoms with Gasteiger partial charge in [0.15, 0.2) is 0 Å². The van der Waals surface area contributed by atoms with E-state index in [0.717, 1.165) is 10.7 Å². The van der Waals surface area contributed by atoms with E-state index in [-0.39, 0.29) is 12.0 Å². The molecule has 2 nitrogen and oxygen atoms in total. The first-order valence-electron chi connectivity index (χ1n) is 5.67. The molecule has 1 heterocycles. The number of aryl methyl sites for hydroxylation is 1. The molecule has 1 aromatic heterocycles. The lowest BCUT2D eigenvalue weighted by atomic mass is 9.85. The molecular formula is C14H17NOS. The molecule has 2 rings (SSSR count). The van der Waals surface area contributed by atoms with Gasteiger partial charge in [-0.3, -0.25) is 0 Å². The second-order valence-corrected chi connectivity index (χ2v) is 5.65. The normalized spacial score (nSPS) is 11.8. The molecule has 90 valence electrons. The van der Waals surface area contributed by atoms with Gasteiger partial charge in [-0.2, -0.15) is 0 Å². The number of thiazole rings is 1. The lowest BCUT2D eigenvalue weighted by Gasteiger charge is -2.22. The van der Waals surface area contributed by atoms with E-state index < -0.39 is 0 Å². The van der Waals surface area contributed by atoms with E-state index in [1.807, 2.05) is 5.38 Å². The zero-order chi connectivity index (χ0) is 12.5. The van der Waals surface area contributed by atoms with Crippen LogP contribution < -0.4 is 0 Å². The summed E-state index contributed by atoms with van der Waals surface area (Å²) in [6.07, 6.45) is 0. The van der Waals surface area contributed by atoms with Crippen molar-refractivity contribution in [3.8, 4) is 0 Å². The SMILES string of the molecule is Cc1ccc(C(C)(C)c2nc(CO)cs2)cc1. The molecule has 0 aliphatic carbocycles. The van der Waals surface area contributed by atoms with E-state index in [1.54, 1.807) is 11.3 Å². The average Bonchev–Trinajstić information content (AvgIpc) is 2.78. The molecule has 0 aliphatic rings. The number of aliphatic hydroxyl groups excluding tert-OH is 1. The molecule has 0 fully saturated rings. The van der Waals surface area contributed by atoms with Crippen LogP contribution >= 0.6 is 11.3 Å². The first kappa shape index (κ1) is 12.3. The van der Waals surface area contributed by atoms with Crippen LogP contribution in [0.1, 0.15) is 35.7 Å². The summed E-state index contributed by atoms with van der Waals surface area (Å²) in [7, 11) is 0. The van der Waals surface area contributed by atoms with Gasteiger partial charge in [-0.1, -0.05) is 29.8 Å². The highest BCUT2D eigenvalue weighted by molar-refractivity contribution is 7.09. The van der Waals surface area contributed by atoms with E-state index in [4.69, 9.17) is 5.11 Å². The largest absolute Gasteiger partial charge is 0.390 e. The second kappa shape index (κ2) is 4.59. The van der Waals surface area contributed by atoms with Gasteiger partial charge in [0, 0.05) is 10.8 Å². The van der Waals surface area contributed by atoms with Crippen LogP contribution in [0.4, 0.5) is 0 Å². The highest BCUT2D eigenvalue weighted by Crippen LogP contribution is 2.33. The molecule has 0 aliphatic heterocycles. The Hall–Kier alpha value is -1.19. The summed E-state index contributed by atoms with van der Waals surface area (Å²) in [4.78, 5) is 4.47. The highest BCUT2D eigenvalue weighted by Gasteiger charge is 2.26. The fourth-order valence-electron chi connectivity index (χ4n) is 1.76. The van der Waals surface area contributed by atoms with Crippen LogP contribution in [-0.2, 0) is 12.0 Å². The fraction of sp³-hybridized carbons (Fsp3) is 0.357. The summed E-state index contributed by atoms with van der Waals surface area (Å²) >= 11 is 1.61. The highest BCUT2D eigenvalue weighted by atomic mass is 32.1. The third kappa shape index (κ3) is 2.40. The van der Waals surface area contributed by atoms with Gasteiger partial charge in [0.25, 0.3) is 0 Å². The first-order chi connectivity index (χ1) is 8.04. The van der Waals surface area contributed by atoms with Gasteiger partial charge in [0.2, 0.25) is 0 Å². The quantitative estimate of drug-likeness (QED) is 0.903. The van der Waals surface area contributed by atoms with Crippen molar-refractivity contribution in [1.82, 2.24) is 4.98 Å². The number of rotatable bonds is 3. The number of aromatic nitrogens is 1. The Labute approximate surface area is 106 Å². The van der Waals surface area contributed by atoms with E-state index in [1.165, 1.54) is 11.1 Å². The van der Waals surface area contributed by atoms with Crippen molar-refractivity contribution in [1.29, 1.82) is 0 Å². The Kier molecular flexibility index (Phi) is 3.31. The van der Waals surface area contributed by atoms with E-state index >= 15 is 0 Å². The maximum Gasteiger partial charge on any atom is 0.103 e. The van der Waals surface area contributed by atoms with Gasteiger partial charge in [0.05, 0.1) is 12.3 Å². The Morgan fingerprint density at radius 2 is 1.88 bits per heavy atom. The molecule has 0 spiro atoms. The second-order valence-electron chi connectivity index (χ2n) is 4.79.